The Balaban J connectivity index is 1.57. The molecule has 1 N–H and O–H groups in total. The molecule has 0 aliphatic carbocycles. The molecule has 1 aliphatic heterocycles. The Kier molecular flexibility index (Phi) is 4.15. The van der Waals surface area contributed by atoms with Crippen molar-refractivity contribution in [2.24, 2.45) is 5.92 Å². The largest absolute Gasteiger partial charge is 0.381 e. The second-order valence-electron chi connectivity index (χ2n) is 6.27. The minimum Gasteiger partial charge on any atom is -0.381 e. The van der Waals surface area contributed by atoms with E-state index in [0.717, 1.165) is 35.3 Å². The summed E-state index contributed by atoms with van der Waals surface area (Å²) >= 11 is 0. The van der Waals surface area contributed by atoms with Crippen LogP contribution in [-0.2, 0) is 9.53 Å². The zero-order chi connectivity index (χ0) is 17.2. The number of fused-ring (bicyclic) bond motifs is 1. The number of carbonyl (C=O) groups excluding carboxylic acids is 1. The lowest BCUT2D eigenvalue weighted by molar-refractivity contribution is -0.122. The highest BCUT2D eigenvalue weighted by Crippen LogP contribution is 2.22. The Bertz CT molecular complexity index is 915. The molecule has 128 valence electrons. The first-order chi connectivity index (χ1) is 12.2. The molecule has 7 nitrogen and oxygen atoms in total. The molecule has 1 amide bonds. The van der Waals surface area contributed by atoms with Gasteiger partial charge in [-0.15, -0.1) is 0 Å². The fourth-order valence-corrected chi connectivity index (χ4v) is 3.04. The van der Waals surface area contributed by atoms with Crippen LogP contribution in [0.5, 0.6) is 0 Å². The molecule has 0 aromatic carbocycles. The Morgan fingerprint density at radius 1 is 1.24 bits per heavy atom. The van der Waals surface area contributed by atoms with Gasteiger partial charge in [0.25, 0.3) is 0 Å². The van der Waals surface area contributed by atoms with Crippen LogP contribution in [0.25, 0.3) is 16.8 Å². The first-order valence-electron chi connectivity index (χ1n) is 8.36. The predicted molar refractivity (Wildman–Crippen MR) is 93.1 cm³/mol. The van der Waals surface area contributed by atoms with Crippen LogP contribution in [-0.4, -0.2) is 38.7 Å². The van der Waals surface area contributed by atoms with Crippen molar-refractivity contribution in [2.75, 3.05) is 18.5 Å². The van der Waals surface area contributed by atoms with Gasteiger partial charge in [-0.3, -0.25) is 4.79 Å². The van der Waals surface area contributed by atoms with E-state index in [9.17, 15) is 4.79 Å². The predicted octanol–water partition coefficient (Wildman–Crippen LogP) is 2.46. The van der Waals surface area contributed by atoms with Gasteiger partial charge < -0.3 is 14.5 Å². The highest BCUT2D eigenvalue weighted by molar-refractivity contribution is 5.92. The number of pyridine rings is 1. The van der Waals surface area contributed by atoms with Crippen molar-refractivity contribution in [1.29, 1.82) is 0 Å². The minimum absolute atomic E-state index is 0.00000781. The molecule has 1 aliphatic rings. The van der Waals surface area contributed by atoms with E-state index in [4.69, 9.17) is 4.74 Å². The van der Waals surface area contributed by atoms with Gasteiger partial charge in [-0.25, -0.2) is 4.98 Å². The second-order valence-corrected chi connectivity index (χ2v) is 6.27. The summed E-state index contributed by atoms with van der Waals surface area (Å²) < 4.78 is 7.21. The number of rotatable bonds is 3. The van der Waals surface area contributed by atoms with Crippen LogP contribution in [0, 0.1) is 12.8 Å². The third-order valence-electron chi connectivity index (χ3n) is 4.40. The molecule has 0 saturated carbocycles. The quantitative estimate of drug-likeness (QED) is 0.794. The first kappa shape index (κ1) is 15.7. The number of carbonyl (C=O) groups is 1. The number of aromatic nitrogens is 4. The number of hydrogen-bond donors (Lipinski definition) is 1. The van der Waals surface area contributed by atoms with E-state index in [1.54, 1.807) is 6.20 Å². The number of hydrogen-bond acceptors (Lipinski definition) is 5. The third-order valence-corrected chi connectivity index (χ3v) is 4.40. The molecule has 4 heterocycles. The van der Waals surface area contributed by atoms with Gasteiger partial charge in [-0.2, -0.15) is 10.2 Å². The van der Waals surface area contributed by atoms with Crippen LogP contribution in [0.3, 0.4) is 0 Å². The zero-order valence-electron chi connectivity index (χ0n) is 14.0. The van der Waals surface area contributed by atoms with Crippen molar-refractivity contribution in [1.82, 2.24) is 19.6 Å². The van der Waals surface area contributed by atoms with Crippen LogP contribution in [0.15, 0.2) is 36.8 Å². The summed E-state index contributed by atoms with van der Waals surface area (Å²) in [6, 6.07) is 5.90. The van der Waals surface area contributed by atoms with Crippen LogP contribution in [0.4, 0.5) is 5.82 Å². The number of nitrogens with one attached hydrogen (secondary N) is 1. The maximum atomic E-state index is 12.3. The van der Waals surface area contributed by atoms with Crippen molar-refractivity contribution >= 4 is 17.4 Å². The van der Waals surface area contributed by atoms with Gasteiger partial charge in [0, 0.05) is 36.5 Å². The zero-order valence-corrected chi connectivity index (χ0v) is 14.0. The van der Waals surface area contributed by atoms with Crippen LogP contribution < -0.4 is 5.32 Å². The summed E-state index contributed by atoms with van der Waals surface area (Å²) in [5.41, 5.74) is 3.67. The molecule has 0 bridgehead atoms. The van der Waals surface area contributed by atoms with E-state index >= 15 is 0 Å². The van der Waals surface area contributed by atoms with Crippen molar-refractivity contribution in [3.05, 3.63) is 42.5 Å². The standard InChI is InChI=1S/C18H19N5O2/c1-12-8-15(9-19-22-12)14-2-3-17-20-16(11-23(17)10-14)21-18(24)13-4-6-25-7-5-13/h2-3,8-11,13H,4-7H2,1H3,(H,21,24). The van der Waals surface area contributed by atoms with Crippen molar-refractivity contribution in [3.63, 3.8) is 0 Å². The lowest BCUT2D eigenvalue weighted by Gasteiger charge is -2.20. The maximum absolute atomic E-state index is 12.3. The summed E-state index contributed by atoms with van der Waals surface area (Å²) in [6.07, 6.45) is 7.06. The van der Waals surface area contributed by atoms with Crippen LogP contribution in [0.2, 0.25) is 0 Å². The number of nitrogens with zero attached hydrogens (tertiary/aromatic N) is 4. The summed E-state index contributed by atoms with van der Waals surface area (Å²) in [7, 11) is 0. The summed E-state index contributed by atoms with van der Waals surface area (Å²) in [5.74, 6) is 0.582. The van der Waals surface area contributed by atoms with Gasteiger partial charge in [0.1, 0.15) is 5.65 Å². The Morgan fingerprint density at radius 2 is 2.08 bits per heavy atom. The van der Waals surface area contributed by atoms with Gasteiger partial charge >= 0.3 is 0 Å². The summed E-state index contributed by atoms with van der Waals surface area (Å²) in [4.78, 5) is 16.8. The Hall–Kier alpha value is -2.80. The van der Waals surface area contributed by atoms with Crippen molar-refractivity contribution < 1.29 is 9.53 Å². The molecule has 1 fully saturated rings. The van der Waals surface area contributed by atoms with E-state index in [1.165, 1.54) is 0 Å². The molecule has 0 unspecified atom stereocenters. The number of aryl methyl sites for hydroxylation is 1. The molecule has 4 rings (SSSR count). The molecule has 25 heavy (non-hydrogen) atoms. The molecular formula is C18H19N5O2. The molecule has 3 aromatic heterocycles. The Labute approximate surface area is 145 Å². The van der Waals surface area contributed by atoms with Gasteiger partial charge in [-0.1, -0.05) is 0 Å². The van der Waals surface area contributed by atoms with E-state index in [0.29, 0.717) is 19.0 Å². The van der Waals surface area contributed by atoms with Crippen LogP contribution in [0.1, 0.15) is 18.5 Å². The molecule has 7 heteroatoms. The molecule has 3 aromatic rings. The maximum Gasteiger partial charge on any atom is 0.228 e. The molecule has 1 saturated heterocycles. The van der Waals surface area contributed by atoms with E-state index in [-0.39, 0.29) is 11.8 Å². The minimum atomic E-state index is -0.00000781. The van der Waals surface area contributed by atoms with Crippen LogP contribution >= 0.6 is 0 Å². The lowest BCUT2D eigenvalue weighted by Crippen LogP contribution is -2.28. The fraction of sp³-hybridized carbons (Fsp3) is 0.333. The SMILES string of the molecule is Cc1cc(-c2ccc3nc(NC(=O)C4CCOCC4)cn3c2)cnn1. The average Bonchev–Trinajstić information content (AvgIpc) is 3.03. The Morgan fingerprint density at radius 3 is 2.88 bits per heavy atom. The van der Waals surface area contributed by atoms with Gasteiger partial charge in [0.15, 0.2) is 5.82 Å². The molecule has 0 radical (unpaired) electrons. The normalized spacial score (nSPS) is 15.4. The van der Waals surface area contributed by atoms with Crippen molar-refractivity contribution in [3.8, 4) is 11.1 Å². The van der Waals surface area contributed by atoms with E-state index in [2.05, 4.69) is 20.5 Å². The average molecular weight is 337 g/mol. The highest BCUT2D eigenvalue weighted by atomic mass is 16.5. The fourth-order valence-electron chi connectivity index (χ4n) is 3.04. The third kappa shape index (κ3) is 3.36. The van der Waals surface area contributed by atoms with Crippen molar-refractivity contribution in [2.45, 2.75) is 19.8 Å². The smallest absolute Gasteiger partial charge is 0.228 e. The number of ether oxygens (including phenoxy) is 1. The summed E-state index contributed by atoms with van der Waals surface area (Å²) in [5, 5.41) is 10.9. The molecular weight excluding hydrogens is 318 g/mol. The number of anilines is 1. The van der Waals surface area contributed by atoms with E-state index in [1.807, 2.05) is 41.9 Å². The number of imidazole rings is 1. The number of amides is 1. The van der Waals surface area contributed by atoms with Gasteiger partial charge in [-0.05, 0) is 38.0 Å². The highest BCUT2D eigenvalue weighted by Gasteiger charge is 2.22. The monoisotopic (exact) mass is 337 g/mol. The van der Waals surface area contributed by atoms with Gasteiger partial charge in [0.2, 0.25) is 5.91 Å². The second kappa shape index (κ2) is 6.60. The van der Waals surface area contributed by atoms with Gasteiger partial charge in [0.05, 0.1) is 18.1 Å². The first-order valence-corrected chi connectivity index (χ1v) is 8.36. The summed E-state index contributed by atoms with van der Waals surface area (Å²) in [6.45, 7) is 3.20. The lowest BCUT2D eigenvalue weighted by atomic mass is 9.99. The molecule has 0 spiro atoms. The van der Waals surface area contributed by atoms with E-state index < -0.39 is 0 Å². The topological polar surface area (TPSA) is 81.4 Å². The molecule has 0 atom stereocenters.